The summed E-state index contributed by atoms with van der Waals surface area (Å²) >= 11 is 12.0. The lowest BCUT2D eigenvalue weighted by Gasteiger charge is -2.22. The Kier molecular flexibility index (Phi) is 4.42. The van der Waals surface area contributed by atoms with E-state index in [1.807, 2.05) is 6.92 Å². The van der Waals surface area contributed by atoms with Crippen molar-refractivity contribution >= 4 is 33.2 Å². The second kappa shape index (κ2) is 5.58. The normalized spacial score (nSPS) is 24.8. The molecule has 19 heavy (non-hydrogen) atoms. The van der Waals surface area contributed by atoms with E-state index in [1.54, 1.807) is 6.07 Å². The van der Waals surface area contributed by atoms with Crippen molar-refractivity contribution in [3.63, 3.8) is 0 Å². The molecule has 2 N–H and O–H groups in total. The molecule has 1 aliphatic rings. The summed E-state index contributed by atoms with van der Waals surface area (Å²) in [7, 11) is -3.68. The SMILES string of the molecule is CC1CC(CN)CN1S(=O)(=O)c1c(Cl)cccc1Cl. The Bertz CT molecular complexity index is 557. The van der Waals surface area contributed by atoms with Crippen LogP contribution in [0.2, 0.25) is 10.0 Å². The highest BCUT2D eigenvalue weighted by Gasteiger charge is 2.39. The third-order valence-electron chi connectivity index (χ3n) is 3.42. The molecule has 1 aliphatic heterocycles. The topological polar surface area (TPSA) is 63.4 Å². The van der Waals surface area contributed by atoms with Crippen LogP contribution in [0.25, 0.3) is 0 Å². The lowest BCUT2D eigenvalue weighted by molar-refractivity contribution is 0.404. The first-order valence-electron chi connectivity index (χ1n) is 6.04. The van der Waals surface area contributed by atoms with Crippen LogP contribution in [0.3, 0.4) is 0 Å². The van der Waals surface area contributed by atoms with Crippen LogP contribution in [0.15, 0.2) is 23.1 Å². The van der Waals surface area contributed by atoms with E-state index in [9.17, 15) is 8.42 Å². The predicted octanol–water partition coefficient (Wildman–Crippen LogP) is 2.35. The molecule has 0 amide bonds. The van der Waals surface area contributed by atoms with Gasteiger partial charge in [-0.2, -0.15) is 4.31 Å². The molecule has 0 aliphatic carbocycles. The average Bonchev–Trinajstić information content (AvgIpc) is 2.70. The standard InChI is InChI=1S/C12H16Cl2N2O2S/c1-8-5-9(6-15)7-16(8)19(17,18)12-10(13)3-2-4-11(12)14/h2-4,8-9H,5-7,15H2,1H3. The number of halogens is 2. The molecule has 0 spiro atoms. The quantitative estimate of drug-likeness (QED) is 0.929. The Labute approximate surface area is 123 Å². The predicted molar refractivity (Wildman–Crippen MR) is 77.0 cm³/mol. The molecule has 0 saturated carbocycles. The molecular weight excluding hydrogens is 307 g/mol. The van der Waals surface area contributed by atoms with Crippen molar-refractivity contribution in [3.8, 4) is 0 Å². The van der Waals surface area contributed by atoms with Crippen LogP contribution in [0.5, 0.6) is 0 Å². The van der Waals surface area contributed by atoms with Crippen molar-refractivity contribution in [2.45, 2.75) is 24.3 Å². The van der Waals surface area contributed by atoms with Crippen molar-refractivity contribution in [2.24, 2.45) is 11.7 Å². The zero-order valence-electron chi connectivity index (χ0n) is 10.5. The molecule has 1 fully saturated rings. The third kappa shape index (κ3) is 2.76. The van der Waals surface area contributed by atoms with Crippen LogP contribution in [0, 0.1) is 5.92 Å². The van der Waals surface area contributed by atoms with E-state index < -0.39 is 10.0 Å². The Balaban J connectivity index is 2.44. The molecule has 106 valence electrons. The van der Waals surface area contributed by atoms with E-state index >= 15 is 0 Å². The van der Waals surface area contributed by atoms with Gasteiger partial charge in [-0.1, -0.05) is 29.3 Å². The third-order valence-corrected chi connectivity index (χ3v) is 6.36. The smallest absolute Gasteiger partial charge is 0.246 e. The van der Waals surface area contributed by atoms with Gasteiger partial charge in [0.15, 0.2) is 0 Å². The maximum Gasteiger partial charge on any atom is 0.246 e. The number of rotatable bonds is 3. The van der Waals surface area contributed by atoms with Crippen LogP contribution < -0.4 is 5.73 Å². The van der Waals surface area contributed by atoms with Gasteiger partial charge < -0.3 is 5.73 Å². The molecule has 0 bridgehead atoms. The Morgan fingerprint density at radius 3 is 2.42 bits per heavy atom. The minimum atomic E-state index is -3.68. The van der Waals surface area contributed by atoms with E-state index in [0.717, 1.165) is 6.42 Å². The molecular formula is C12H16Cl2N2O2S. The molecule has 2 atom stereocenters. The summed E-state index contributed by atoms with van der Waals surface area (Å²) in [6, 6.07) is 4.59. The van der Waals surface area contributed by atoms with E-state index in [1.165, 1.54) is 16.4 Å². The summed E-state index contributed by atoms with van der Waals surface area (Å²) in [6.07, 6.45) is 0.762. The number of hydrogen-bond acceptors (Lipinski definition) is 3. The van der Waals surface area contributed by atoms with E-state index in [-0.39, 0.29) is 26.9 Å². The van der Waals surface area contributed by atoms with E-state index in [0.29, 0.717) is 13.1 Å². The summed E-state index contributed by atoms with van der Waals surface area (Å²) in [5.74, 6) is 0.186. The molecule has 1 saturated heterocycles. The van der Waals surface area contributed by atoms with Gasteiger partial charge in [0.05, 0.1) is 10.0 Å². The van der Waals surface area contributed by atoms with E-state index in [4.69, 9.17) is 28.9 Å². The second-order valence-electron chi connectivity index (χ2n) is 4.81. The highest BCUT2D eigenvalue weighted by Crippen LogP contribution is 2.35. The van der Waals surface area contributed by atoms with Gasteiger partial charge >= 0.3 is 0 Å². The van der Waals surface area contributed by atoms with Crippen LogP contribution in [0.1, 0.15) is 13.3 Å². The highest BCUT2D eigenvalue weighted by atomic mass is 35.5. The monoisotopic (exact) mass is 322 g/mol. The van der Waals surface area contributed by atoms with Gasteiger partial charge in [-0.05, 0) is 37.9 Å². The number of benzene rings is 1. The van der Waals surface area contributed by atoms with Crippen LogP contribution in [-0.4, -0.2) is 31.9 Å². The van der Waals surface area contributed by atoms with Crippen molar-refractivity contribution in [1.29, 1.82) is 0 Å². The Morgan fingerprint density at radius 2 is 1.95 bits per heavy atom. The molecule has 0 radical (unpaired) electrons. The number of nitrogens with zero attached hydrogens (tertiary/aromatic N) is 1. The van der Waals surface area contributed by atoms with Gasteiger partial charge in [0, 0.05) is 12.6 Å². The lowest BCUT2D eigenvalue weighted by Crippen LogP contribution is -2.34. The van der Waals surface area contributed by atoms with Crippen molar-refractivity contribution < 1.29 is 8.42 Å². The van der Waals surface area contributed by atoms with Gasteiger partial charge in [0.2, 0.25) is 10.0 Å². The Morgan fingerprint density at radius 1 is 1.37 bits per heavy atom. The van der Waals surface area contributed by atoms with Crippen molar-refractivity contribution in [2.75, 3.05) is 13.1 Å². The van der Waals surface area contributed by atoms with Crippen molar-refractivity contribution in [3.05, 3.63) is 28.2 Å². The summed E-state index contributed by atoms with van der Waals surface area (Å²) in [6.45, 7) is 2.77. The number of hydrogen-bond donors (Lipinski definition) is 1. The first kappa shape index (κ1) is 15.1. The fourth-order valence-corrected chi connectivity index (χ4v) is 5.27. The maximum atomic E-state index is 12.7. The van der Waals surface area contributed by atoms with Gasteiger partial charge in [0.25, 0.3) is 0 Å². The molecule has 1 aromatic carbocycles. The first-order chi connectivity index (χ1) is 8.87. The van der Waals surface area contributed by atoms with Gasteiger partial charge in [0.1, 0.15) is 4.90 Å². The molecule has 4 nitrogen and oxygen atoms in total. The summed E-state index contributed by atoms with van der Waals surface area (Å²) < 4.78 is 26.8. The van der Waals surface area contributed by atoms with Crippen molar-refractivity contribution in [1.82, 2.24) is 4.31 Å². The molecule has 7 heteroatoms. The van der Waals surface area contributed by atoms with Crippen LogP contribution in [0.4, 0.5) is 0 Å². The van der Waals surface area contributed by atoms with E-state index in [2.05, 4.69) is 0 Å². The second-order valence-corrected chi connectivity index (χ2v) is 7.45. The fraction of sp³-hybridized carbons (Fsp3) is 0.500. The zero-order valence-corrected chi connectivity index (χ0v) is 12.8. The van der Waals surface area contributed by atoms with Gasteiger partial charge in [-0.15, -0.1) is 0 Å². The summed E-state index contributed by atoms with van der Waals surface area (Å²) in [4.78, 5) is -0.0112. The lowest BCUT2D eigenvalue weighted by atomic mass is 10.1. The largest absolute Gasteiger partial charge is 0.330 e. The molecule has 2 unspecified atom stereocenters. The highest BCUT2D eigenvalue weighted by molar-refractivity contribution is 7.89. The fourth-order valence-electron chi connectivity index (χ4n) is 2.46. The van der Waals surface area contributed by atoms with Gasteiger partial charge in [-0.25, -0.2) is 8.42 Å². The summed E-state index contributed by atoms with van der Waals surface area (Å²) in [5.41, 5.74) is 5.63. The summed E-state index contributed by atoms with van der Waals surface area (Å²) in [5, 5.41) is 0.298. The van der Waals surface area contributed by atoms with Gasteiger partial charge in [-0.3, -0.25) is 0 Å². The molecule has 0 aromatic heterocycles. The molecule has 1 aromatic rings. The number of sulfonamides is 1. The minimum absolute atomic E-state index is 0.0112. The van der Waals surface area contributed by atoms with Crippen LogP contribution in [-0.2, 0) is 10.0 Å². The number of nitrogens with two attached hydrogens (primary N) is 1. The first-order valence-corrected chi connectivity index (χ1v) is 8.23. The minimum Gasteiger partial charge on any atom is -0.330 e. The zero-order chi connectivity index (χ0) is 14.2. The Hall–Kier alpha value is -0.330. The molecule has 2 rings (SSSR count). The molecule has 1 heterocycles. The maximum absolute atomic E-state index is 12.7. The van der Waals surface area contributed by atoms with Crippen LogP contribution >= 0.6 is 23.2 Å². The average molecular weight is 323 g/mol.